The van der Waals surface area contributed by atoms with Gasteiger partial charge in [-0.05, 0) is 30.5 Å². The van der Waals surface area contributed by atoms with Gasteiger partial charge >= 0.3 is 0 Å². The molecule has 2 N–H and O–H groups in total. The van der Waals surface area contributed by atoms with Crippen molar-refractivity contribution in [3.05, 3.63) is 35.7 Å². The largest absolute Gasteiger partial charge is 0.378 e. The van der Waals surface area contributed by atoms with Crippen molar-refractivity contribution >= 4 is 11.6 Å². The summed E-state index contributed by atoms with van der Waals surface area (Å²) in [6.45, 7) is 0. The van der Waals surface area contributed by atoms with Crippen molar-refractivity contribution in [1.29, 1.82) is 0 Å². The third-order valence-electron chi connectivity index (χ3n) is 3.69. The van der Waals surface area contributed by atoms with Crippen molar-refractivity contribution in [2.75, 3.05) is 24.7 Å². The third-order valence-corrected chi connectivity index (χ3v) is 3.69. The second-order valence-corrected chi connectivity index (χ2v) is 5.22. The van der Waals surface area contributed by atoms with Crippen molar-refractivity contribution < 1.29 is 0 Å². The zero-order chi connectivity index (χ0) is 13.4. The molecule has 5 nitrogen and oxygen atoms in total. The Morgan fingerprint density at radius 1 is 1.26 bits per heavy atom. The monoisotopic (exact) mass is 257 g/mol. The van der Waals surface area contributed by atoms with E-state index in [1.807, 2.05) is 18.8 Å². The van der Waals surface area contributed by atoms with Gasteiger partial charge in [0.1, 0.15) is 5.82 Å². The third kappa shape index (κ3) is 2.16. The summed E-state index contributed by atoms with van der Waals surface area (Å²) in [5.74, 6) is 1.39. The summed E-state index contributed by atoms with van der Waals surface area (Å²) in [6, 6.07) is 8.90. The van der Waals surface area contributed by atoms with Crippen LogP contribution in [-0.2, 0) is 6.42 Å². The molecule has 0 spiro atoms. The lowest BCUT2D eigenvalue weighted by molar-refractivity contribution is 0.413. The lowest BCUT2D eigenvalue weighted by atomic mass is 9.97. The van der Waals surface area contributed by atoms with E-state index in [0.29, 0.717) is 5.95 Å². The lowest BCUT2D eigenvalue weighted by Gasteiger charge is -2.24. The number of anilines is 2. The number of nitrogens with zero attached hydrogens (tertiary/aromatic N) is 4. The smallest absolute Gasteiger partial charge is 0.239 e. The fourth-order valence-corrected chi connectivity index (χ4v) is 2.67. The van der Waals surface area contributed by atoms with Crippen molar-refractivity contribution in [2.24, 2.45) is 0 Å². The molecule has 0 saturated heterocycles. The quantitative estimate of drug-likeness (QED) is 0.892. The van der Waals surface area contributed by atoms with Gasteiger partial charge < -0.3 is 10.6 Å². The van der Waals surface area contributed by atoms with Crippen LogP contribution in [0, 0.1) is 0 Å². The highest BCUT2D eigenvalue weighted by Gasteiger charge is 2.23. The van der Waals surface area contributed by atoms with Crippen LogP contribution >= 0.6 is 0 Å². The predicted octanol–water partition coefficient (Wildman–Crippen LogP) is 1.85. The van der Waals surface area contributed by atoms with Crippen LogP contribution in [0.15, 0.2) is 24.3 Å². The predicted molar refractivity (Wildman–Crippen MR) is 76.3 cm³/mol. The molecule has 100 valence electrons. The van der Waals surface area contributed by atoms with Crippen LogP contribution in [0.5, 0.6) is 0 Å². The van der Waals surface area contributed by atoms with E-state index in [4.69, 9.17) is 5.73 Å². The van der Waals surface area contributed by atoms with Gasteiger partial charge in [-0.15, -0.1) is 5.10 Å². The van der Waals surface area contributed by atoms with Crippen LogP contribution in [0.25, 0.3) is 0 Å². The molecule has 0 aliphatic carbocycles. The minimum absolute atomic E-state index is 0.268. The topological polar surface area (TPSA) is 60.0 Å². The highest BCUT2D eigenvalue weighted by Crippen LogP contribution is 2.30. The molecule has 19 heavy (non-hydrogen) atoms. The molecule has 1 aromatic heterocycles. The number of nitrogens with two attached hydrogens (primary N) is 1. The van der Waals surface area contributed by atoms with Gasteiger partial charge in [0.15, 0.2) is 0 Å². The first kappa shape index (κ1) is 12.0. The van der Waals surface area contributed by atoms with E-state index in [2.05, 4.69) is 39.2 Å². The molecule has 1 atom stereocenters. The molecule has 5 heteroatoms. The molecular weight excluding hydrogens is 238 g/mol. The van der Waals surface area contributed by atoms with Crippen LogP contribution < -0.4 is 10.6 Å². The Labute approximate surface area is 113 Å². The van der Waals surface area contributed by atoms with Gasteiger partial charge in [-0.2, -0.15) is 4.98 Å². The van der Waals surface area contributed by atoms with Crippen LogP contribution in [0.1, 0.15) is 30.3 Å². The van der Waals surface area contributed by atoms with Gasteiger partial charge in [-0.3, -0.25) is 0 Å². The highest BCUT2D eigenvalue weighted by molar-refractivity contribution is 5.46. The molecule has 2 heterocycles. The number of benzene rings is 1. The maximum Gasteiger partial charge on any atom is 0.239 e. The van der Waals surface area contributed by atoms with Gasteiger partial charge in [-0.1, -0.05) is 12.1 Å². The van der Waals surface area contributed by atoms with Gasteiger partial charge in [0.05, 0.1) is 6.04 Å². The number of fused-ring (bicyclic) bond motifs is 1. The Balaban J connectivity index is 1.94. The Bertz CT molecular complexity index is 570. The van der Waals surface area contributed by atoms with E-state index in [9.17, 15) is 0 Å². The highest BCUT2D eigenvalue weighted by atomic mass is 15.4. The van der Waals surface area contributed by atoms with E-state index in [0.717, 1.165) is 25.1 Å². The number of aryl methyl sites for hydroxylation is 1. The Hall–Kier alpha value is -2.04. The Morgan fingerprint density at radius 2 is 2.00 bits per heavy atom. The Morgan fingerprint density at radius 3 is 2.68 bits per heavy atom. The summed E-state index contributed by atoms with van der Waals surface area (Å²) in [7, 11) is 4.09. The minimum atomic E-state index is 0.268. The molecule has 1 aliphatic heterocycles. The number of nitrogen functional groups attached to an aromatic ring is 1. The van der Waals surface area contributed by atoms with E-state index in [1.165, 1.54) is 11.3 Å². The second kappa shape index (κ2) is 4.57. The molecule has 0 radical (unpaired) electrons. The molecular formula is C14H19N5. The first-order chi connectivity index (χ1) is 9.15. The molecule has 0 bridgehead atoms. The zero-order valence-electron chi connectivity index (χ0n) is 11.4. The molecule has 1 unspecified atom stereocenters. The van der Waals surface area contributed by atoms with Crippen molar-refractivity contribution in [3.63, 3.8) is 0 Å². The van der Waals surface area contributed by atoms with Crippen LogP contribution in [-0.4, -0.2) is 28.9 Å². The minimum Gasteiger partial charge on any atom is -0.378 e. The first-order valence-corrected chi connectivity index (χ1v) is 6.63. The van der Waals surface area contributed by atoms with Crippen molar-refractivity contribution in [3.8, 4) is 0 Å². The normalized spacial score (nSPS) is 18.1. The second-order valence-electron chi connectivity index (χ2n) is 5.22. The number of aromatic nitrogens is 3. The average Bonchev–Trinajstić information content (AvgIpc) is 2.78. The van der Waals surface area contributed by atoms with E-state index in [-0.39, 0.29) is 6.04 Å². The van der Waals surface area contributed by atoms with E-state index < -0.39 is 0 Å². The molecule has 2 aromatic rings. The molecule has 3 rings (SSSR count). The molecule has 0 saturated carbocycles. The Kier molecular flexibility index (Phi) is 2.89. The fourth-order valence-electron chi connectivity index (χ4n) is 2.67. The number of hydrogen-bond acceptors (Lipinski definition) is 4. The van der Waals surface area contributed by atoms with Gasteiger partial charge in [0.2, 0.25) is 5.95 Å². The molecule has 1 aliphatic rings. The first-order valence-electron chi connectivity index (χ1n) is 6.63. The number of hydrogen-bond donors (Lipinski definition) is 1. The summed E-state index contributed by atoms with van der Waals surface area (Å²) in [4.78, 5) is 6.39. The molecule has 0 fully saturated rings. The number of rotatable bonds is 2. The van der Waals surface area contributed by atoms with Gasteiger partial charge in [0, 0.05) is 26.2 Å². The summed E-state index contributed by atoms with van der Waals surface area (Å²) < 4.78 is 1.99. The van der Waals surface area contributed by atoms with E-state index in [1.54, 1.807) is 0 Å². The average molecular weight is 257 g/mol. The van der Waals surface area contributed by atoms with Crippen molar-refractivity contribution in [1.82, 2.24) is 14.8 Å². The summed E-state index contributed by atoms with van der Waals surface area (Å²) >= 11 is 0. The van der Waals surface area contributed by atoms with Crippen LogP contribution in [0.2, 0.25) is 0 Å². The summed E-state index contributed by atoms with van der Waals surface area (Å²) in [6.07, 6.45) is 3.20. The maximum atomic E-state index is 5.71. The standard InChI is InChI=1S/C14H19N5/c1-18(2)11-8-6-10(7-9-11)12-4-3-5-13-16-14(15)17-19(12)13/h6-9,12H,3-5H2,1-2H3,(H2,15,17). The molecule has 1 aromatic carbocycles. The van der Waals surface area contributed by atoms with Crippen LogP contribution in [0.4, 0.5) is 11.6 Å². The summed E-state index contributed by atoms with van der Waals surface area (Å²) in [5, 5.41) is 4.34. The maximum absolute atomic E-state index is 5.71. The van der Waals surface area contributed by atoms with Gasteiger partial charge in [-0.25, -0.2) is 4.68 Å². The summed E-state index contributed by atoms with van der Waals surface area (Å²) in [5.41, 5.74) is 8.19. The van der Waals surface area contributed by atoms with Crippen molar-refractivity contribution in [2.45, 2.75) is 25.3 Å². The zero-order valence-corrected chi connectivity index (χ0v) is 11.4. The van der Waals surface area contributed by atoms with E-state index >= 15 is 0 Å². The SMILES string of the molecule is CN(C)c1ccc(C2CCCc3nc(N)nn32)cc1. The van der Waals surface area contributed by atoms with Gasteiger partial charge in [0.25, 0.3) is 0 Å². The van der Waals surface area contributed by atoms with Crippen LogP contribution in [0.3, 0.4) is 0 Å². The fraction of sp³-hybridized carbons (Fsp3) is 0.429. The molecule has 0 amide bonds. The lowest BCUT2D eigenvalue weighted by Crippen LogP contribution is -2.20.